The third-order valence-electron chi connectivity index (χ3n) is 6.45. The zero-order valence-corrected chi connectivity index (χ0v) is 21.5. The van der Waals surface area contributed by atoms with Crippen LogP contribution in [0.5, 0.6) is 5.75 Å². The number of unbranched alkanes of at least 4 members (excludes halogenated alkanes) is 2. The SMILES string of the molecule is Cc1ccc(OCCCn2c(CCCCCNC(=O)Cc3ccccc3)nc3ccccc32)c(C)c1. The van der Waals surface area contributed by atoms with Crippen molar-refractivity contribution in [1.82, 2.24) is 14.9 Å². The lowest BCUT2D eigenvalue weighted by Crippen LogP contribution is -2.26. The van der Waals surface area contributed by atoms with E-state index in [1.165, 1.54) is 16.6 Å². The molecule has 0 saturated heterocycles. The fourth-order valence-corrected chi connectivity index (χ4v) is 4.59. The van der Waals surface area contributed by atoms with E-state index in [1.54, 1.807) is 0 Å². The van der Waals surface area contributed by atoms with Crippen molar-refractivity contribution in [2.75, 3.05) is 13.2 Å². The predicted molar refractivity (Wildman–Crippen MR) is 146 cm³/mol. The molecule has 0 saturated carbocycles. The molecule has 0 radical (unpaired) electrons. The van der Waals surface area contributed by atoms with Gasteiger partial charge in [0, 0.05) is 19.5 Å². The Morgan fingerprint density at radius 1 is 0.917 bits per heavy atom. The van der Waals surface area contributed by atoms with Crippen molar-refractivity contribution < 1.29 is 9.53 Å². The van der Waals surface area contributed by atoms with Gasteiger partial charge in [0.1, 0.15) is 11.6 Å². The van der Waals surface area contributed by atoms with Gasteiger partial charge >= 0.3 is 0 Å². The van der Waals surface area contributed by atoms with Gasteiger partial charge in [0.25, 0.3) is 0 Å². The van der Waals surface area contributed by atoms with Crippen molar-refractivity contribution in [3.05, 3.63) is 95.3 Å². The third kappa shape index (κ3) is 7.20. The maximum Gasteiger partial charge on any atom is 0.224 e. The molecule has 1 aromatic heterocycles. The summed E-state index contributed by atoms with van der Waals surface area (Å²) < 4.78 is 8.41. The highest BCUT2D eigenvalue weighted by molar-refractivity contribution is 5.78. The molecule has 0 atom stereocenters. The average molecular weight is 484 g/mol. The molecule has 1 heterocycles. The number of ether oxygens (including phenoxy) is 1. The number of nitrogens with one attached hydrogen (secondary N) is 1. The monoisotopic (exact) mass is 483 g/mol. The second-order valence-electron chi connectivity index (χ2n) is 9.46. The predicted octanol–water partition coefficient (Wildman–Crippen LogP) is 6.19. The minimum atomic E-state index is 0.0889. The van der Waals surface area contributed by atoms with Gasteiger partial charge in [-0.15, -0.1) is 0 Å². The first-order valence-electron chi connectivity index (χ1n) is 13.0. The van der Waals surface area contributed by atoms with Crippen LogP contribution in [0, 0.1) is 13.8 Å². The molecular formula is C31H37N3O2. The Bertz CT molecular complexity index is 1260. The van der Waals surface area contributed by atoms with Gasteiger partial charge in [-0.1, -0.05) is 66.6 Å². The van der Waals surface area contributed by atoms with E-state index < -0.39 is 0 Å². The van der Waals surface area contributed by atoms with Crippen molar-refractivity contribution in [3.63, 3.8) is 0 Å². The molecule has 5 nitrogen and oxygen atoms in total. The molecule has 4 rings (SSSR count). The van der Waals surface area contributed by atoms with Gasteiger partial charge in [0.15, 0.2) is 0 Å². The topological polar surface area (TPSA) is 56.1 Å². The number of hydrogen-bond acceptors (Lipinski definition) is 3. The highest BCUT2D eigenvalue weighted by atomic mass is 16.5. The maximum absolute atomic E-state index is 12.1. The summed E-state index contributed by atoms with van der Waals surface area (Å²) in [6, 6.07) is 24.6. The summed E-state index contributed by atoms with van der Waals surface area (Å²) in [5.41, 5.74) is 5.72. The van der Waals surface area contributed by atoms with E-state index in [9.17, 15) is 4.79 Å². The molecule has 0 unspecified atom stereocenters. The second kappa shape index (κ2) is 12.9. The second-order valence-corrected chi connectivity index (χ2v) is 9.46. The number of benzene rings is 3. The van der Waals surface area contributed by atoms with Crippen molar-refractivity contribution in [2.24, 2.45) is 0 Å². The molecule has 0 aliphatic carbocycles. The van der Waals surface area contributed by atoms with E-state index >= 15 is 0 Å². The molecule has 3 aromatic carbocycles. The van der Waals surface area contributed by atoms with Gasteiger partial charge in [0.05, 0.1) is 24.1 Å². The first-order chi connectivity index (χ1) is 17.6. The van der Waals surface area contributed by atoms with Crippen LogP contribution in [0.1, 0.15) is 48.2 Å². The minimum absolute atomic E-state index is 0.0889. The van der Waals surface area contributed by atoms with Crippen LogP contribution in [0.4, 0.5) is 0 Å². The van der Waals surface area contributed by atoms with E-state index in [2.05, 4.69) is 60.1 Å². The van der Waals surface area contributed by atoms with Crippen LogP contribution in [-0.2, 0) is 24.2 Å². The number of nitrogens with zero attached hydrogens (tertiary/aromatic N) is 2. The lowest BCUT2D eigenvalue weighted by Gasteiger charge is -2.12. The fraction of sp³-hybridized carbons (Fsp3) is 0.355. The average Bonchev–Trinajstić information content (AvgIpc) is 3.23. The number of imidazole rings is 1. The van der Waals surface area contributed by atoms with Gasteiger partial charge in [-0.05, 0) is 62.4 Å². The van der Waals surface area contributed by atoms with E-state index in [-0.39, 0.29) is 5.91 Å². The van der Waals surface area contributed by atoms with Crippen LogP contribution < -0.4 is 10.1 Å². The first-order valence-corrected chi connectivity index (χ1v) is 13.0. The smallest absolute Gasteiger partial charge is 0.224 e. The fourth-order valence-electron chi connectivity index (χ4n) is 4.59. The number of fused-ring (bicyclic) bond motifs is 1. The molecule has 0 fully saturated rings. The lowest BCUT2D eigenvalue weighted by molar-refractivity contribution is -0.120. The number of aromatic nitrogens is 2. The van der Waals surface area contributed by atoms with Crippen LogP contribution in [0.25, 0.3) is 11.0 Å². The Labute approximate surface area is 214 Å². The van der Waals surface area contributed by atoms with Gasteiger partial charge < -0.3 is 14.6 Å². The molecule has 188 valence electrons. The molecule has 0 spiro atoms. The molecule has 1 N–H and O–H groups in total. The first kappa shape index (κ1) is 25.5. The van der Waals surface area contributed by atoms with Gasteiger partial charge in [-0.3, -0.25) is 4.79 Å². The highest BCUT2D eigenvalue weighted by Crippen LogP contribution is 2.21. The van der Waals surface area contributed by atoms with E-state index in [4.69, 9.17) is 9.72 Å². The van der Waals surface area contributed by atoms with E-state index in [0.717, 1.165) is 67.8 Å². The van der Waals surface area contributed by atoms with Crippen LogP contribution >= 0.6 is 0 Å². The van der Waals surface area contributed by atoms with Crippen LogP contribution in [0.2, 0.25) is 0 Å². The minimum Gasteiger partial charge on any atom is -0.493 e. The summed E-state index contributed by atoms with van der Waals surface area (Å²) in [7, 11) is 0. The summed E-state index contributed by atoms with van der Waals surface area (Å²) in [5.74, 6) is 2.19. The number of carbonyl (C=O) groups is 1. The van der Waals surface area contributed by atoms with Crippen LogP contribution in [0.3, 0.4) is 0 Å². The third-order valence-corrected chi connectivity index (χ3v) is 6.45. The molecule has 1 amide bonds. The number of carbonyl (C=O) groups excluding carboxylic acids is 1. The van der Waals surface area contributed by atoms with Crippen molar-refractivity contribution >= 4 is 16.9 Å². The number of rotatable bonds is 13. The zero-order valence-electron chi connectivity index (χ0n) is 21.5. The lowest BCUT2D eigenvalue weighted by atomic mass is 10.1. The summed E-state index contributed by atoms with van der Waals surface area (Å²) in [6.07, 6.45) is 5.39. The van der Waals surface area contributed by atoms with E-state index in [0.29, 0.717) is 13.0 Å². The summed E-state index contributed by atoms with van der Waals surface area (Å²) in [6.45, 7) is 6.48. The molecule has 36 heavy (non-hydrogen) atoms. The molecule has 5 heteroatoms. The van der Waals surface area contributed by atoms with Crippen molar-refractivity contribution in [3.8, 4) is 5.75 Å². The van der Waals surface area contributed by atoms with Gasteiger partial charge in [-0.2, -0.15) is 0 Å². The Morgan fingerprint density at radius 3 is 2.56 bits per heavy atom. The highest BCUT2D eigenvalue weighted by Gasteiger charge is 2.10. The Kier molecular flexibility index (Phi) is 9.15. The quantitative estimate of drug-likeness (QED) is 0.231. The molecule has 4 aromatic rings. The number of hydrogen-bond donors (Lipinski definition) is 1. The standard InChI is InChI=1S/C31H37N3O2/c1-24-17-18-29(25(2)22-24)36-21-11-20-34-28-15-9-8-14-27(28)33-30(34)16-7-4-10-19-32-31(35)23-26-12-5-3-6-13-26/h3,5-6,8-9,12-15,17-18,22H,4,7,10-11,16,19-21,23H2,1-2H3,(H,32,35). The van der Waals surface area contributed by atoms with Gasteiger partial charge in [-0.25, -0.2) is 4.98 Å². The molecule has 0 bridgehead atoms. The normalized spacial score (nSPS) is 11.1. The van der Waals surface area contributed by atoms with Crippen molar-refractivity contribution in [2.45, 2.75) is 58.9 Å². The van der Waals surface area contributed by atoms with Crippen molar-refractivity contribution in [1.29, 1.82) is 0 Å². The number of amides is 1. The molecular weight excluding hydrogens is 446 g/mol. The molecule has 0 aliphatic heterocycles. The van der Waals surface area contributed by atoms with E-state index in [1.807, 2.05) is 36.4 Å². The van der Waals surface area contributed by atoms with Crippen LogP contribution in [-0.4, -0.2) is 28.6 Å². The largest absolute Gasteiger partial charge is 0.493 e. The van der Waals surface area contributed by atoms with Crippen LogP contribution in [0.15, 0.2) is 72.8 Å². The maximum atomic E-state index is 12.1. The zero-order chi connectivity index (χ0) is 25.2. The summed E-state index contributed by atoms with van der Waals surface area (Å²) >= 11 is 0. The molecule has 0 aliphatic rings. The summed E-state index contributed by atoms with van der Waals surface area (Å²) in [5, 5.41) is 3.04. The number of aryl methyl sites for hydroxylation is 4. The Balaban J connectivity index is 1.22. The Hall–Kier alpha value is -3.60. The van der Waals surface area contributed by atoms with Gasteiger partial charge in [0.2, 0.25) is 5.91 Å². The Morgan fingerprint density at radius 2 is 1.72 bits per heavy atom. The number of para-hydroxylation sites is 2. The summed E-state index contributed by atoms with van der Waals surface area (Å²) in [4.78, 5) is 17.0.